The molecule has 0 saturated heterocycles. The topological polar surface area (TPSA) is 29.5 Å². The predicted molar refractivity (Wildman–Crippen MR) is 49.4 cm³/mol. The van der Waals surface area contributed by atoms with Crippen molar-refractivity contribution in [3.05, 3.63) is 30.3 Å². The number of rotatable bonds is 3. The van der Waals surface area contributed by atoms with Gasteiger partial charge < -0.3 is 9.84 Å². The lowest BCUT2D eigenvalue weighted by atomic mass is 10.2. The van der Waals surface area contributed by atoms with Gasteiger partial charge in [-0.25, -0.2) is 0 Å². The van der Waals surface area contributed by atoms with Gasteiger partial charge in [-0.3, -0.25) is 0 Å². The van der Waals surface area contributed by atoms with Crippen LogP contribution in [0.15, 0.2) is 24.8 Å². The van der Waals surface area contributed by atoms with Crippen LogP contribution in [-0.4, -0.2) is 11.7 Å². The van der Waals surface area contributed by atoms with Crippen molar-refractivity contribution in [2.75, 3.05) is 6.61 Å². The van der Waals surface area contributed by atoms with E-state index in [-0.39, 0.29) is 5.75 Å². The molecule has 1 aromatic carbocycles. The first-order chi connectivity index (χ1) is 5.77. The van der Waals surface area contributed by atoms with Gasteiger partial charge in [0.2, 0.25) is 0 Å². The standard InChI is InChI=1S/C10H12O2/c1-3-8-5-6-9(11)10(7-8)12-4-2/h3,5-7,11H,1,4H2,2H3. The van der Waals surface area contributed by atoms with Gasteiger partial charge >= 0.3 is 0 Å². The van der Waals surface area contributed by atoms with Crippen LogP contribution in [0.4, 0.5) is 0 Å². The predicted octanol–water partition coefficient (Wildman–Crippen LogP) is 2.43. The fourth-order valence-corrected chi connectivity index (χ4v) is 0.929. The number of ether oxygens (including phenoxy) is 1. The Kier molecular flexibility index (Phi) is 2.75. The Labute approximate surface area is 72.1 Å². The second-order valence-corrected chi connectivity index (χ2v) is 2.36. The lowest BCUT2D eigenvalue weighted by Crippen LogP contribution is -1.91. The Morgan fingerprint density at radius 3 is 2.92 bits per heavy atom. The average molecular weight is 164 g/mol. The Morgan fingerprint density at radius 1 is 1.58 bits per heavy atom. The number of phenols is 1. The van der Waals surface area contributed by atoms with Gasteiger partial charge in [0.1, 0.15) is 0 Å². The third kappa shape index (κ3) is 1.78. The molecule has 0 aliphatic rings. The van der Waals surface area contributed by atoms with E-state index >= 15 is 0 Å². The normalized spacial score (nSPS) is 9.42. The highest BCUT2D eigenvalue weighted by molar-refractivity contribution is 5.53. The van der Waals surface area contributed by atoms with Gasteiger partial charge in [-0.2, -0.15) is 0 Å². The van der Waals surface area contributed by atoms with Crippen molar-refractivity contribution < 1.29 is 9.84 Å². The van der Waals surface area contributed by atoms with Crippen molar-refractivity contribution in [2.45, 2.75) is 6.92 Å². The molecule has 0 unspecified atom stereocenters. The molecule has 0 radical (unpaired) electrons. The highest BCUT2D eigenvalue weighted by atomic mass is 16.5. The molecule has 0 amide bonds. The van der Waals surface area contributed by atoms with Crippen molar-refractivity contribution in [3.63, 3.8) is 0 Å². The molecule has 0 heterocycles. The summed E-state index contributed by atoms with van der Waals surface area (Å²) in [4.78, 5) is 0. The maximum absolute atomic E-state index is 9.30. The minimum absolute atomic E-state index is 0.169. The molecule has 64 valence electrons. The van der Waals surface area contributed by atoms with E-state index in [0.717, 1.165) is 5.56 Å². The quantitative estimate of drug-likeness (QED) is 0.743. The van der Waals surface area contributed by atoms with Crippen LogP contribution in [0.5, 0.6) is 11.5 Å². The van der Waals surface area contributed by atoms with Crippen LogP contribution in [0.2, 0.25) is 0 Å². The van der Waals surface area contributed by atoms with Crippen LogP contribution in [0, 0.1) is 0 Å². The van der Waals surface area contributed by atoms with E-state index in [1.807, 2.05) is 6.92 Å². The number of phenolic OH excluding ortho intramolecular Hbond substituents is 1. The zero-order valence-corrected chi connectivity index (χ0v) is 7.08. The van der Waals surface area contributed by atoms with E-state index in [4.69, 9.17) is 4.74 Å². The molecule has 12 heavy (non-hydrogen) atoms. The Morgan fingerprint density at radius 2 is 2.33 bits per heavy atom. The number of hydrogen-bond acceptors (Lipinski definition) is 2. The molecule has 0 fully saturated rings. The Bertz CT molecular complexity index is 279. The third-order valence-electron chi connectivity index (χ3n) is 1.52. The van der Waals surface area contributed by atoms with Gasteiger partial charge in [-0.1, -0.05) is 18.7 Å². The lowest BCUT2D eigenvalue weighted by molar-refractivity contribution is 0.318. The van der Waals surface area contributed by atoms with Crippen LogP contribution >= 0.6 is 0 Å². The van der Waals surface area contributed by atoms with E-state index in [0.29, 0.717) is 12.4 Å². The number of aromatic hydroxyl groups is 1. The molecule has 0 atom stereocenters. The van der Waals surface area contributed by atoms with Crippen molar-refractivity contribution in [3.8, 4) is 11.5 Å². The van der Waals surface area contributed by atoms with Crippen molar-refractivity contribution in [1.29, 1.82) is 0 Å². The monoisotopic (exact) mass is 164 g/mol. The summed E-state index contributed by atoms with van der Waals surface area (Å²) in [5.41, 5.74) is 0.941. The summed E-state index contributed by atoms with van der Waals surface area (Å²) in [5.74, 6) is 0.678. The van der Waals surface area contributed by atoms with Crippen LogP contribution in [0.1, 0.15) is 12.5 Å². The largest absolute Gasteiger partial charge is 0.504 e. The Balaban J connectivity index is 2.99. The number of hydrogen-bond donors (Lipinski definition) is 1. The molecule has 0 saturated carbocycles. The maximum Gasteiger partial charge on any atom is 0.161 e. The molecule has 2 heteroatoms. The lowest BCUT2D eigenvalue weighted by Gasteiger charge is -2.05. The van der Waals surface area contributed by atoms with E-state index in [9.17, 15) is 5.11 Å². The van der Waals surface area contributed by atoms with E-state index < -0.39 is 0 Å². The van der Waals surface area contributed by atoms with Gasteiger partial charge in [-0.15, -0.1) is 0 Å². The van der Waals surface area contributed by atoms with Crippen molar-refractivity contribution >= 4 is 6.08 Å². The molecule has 1 aromatic rings. The first kappa shape index (κ1) is 8.65. The van der Waals surface area contributed by atoms with Gasteiger partial charge in [-0.05, 0) is 24.6 Å². The summed E-state index contributed by atoms with van der Waals surface area (Å²) in [6.07, 6.45) is 1.71. The highest BCUT2D eigenvalue weighted by Crippen LogP contribution is 2.26. The van der Waals surface area contributed by atoms with Crippen LogP contribution in [-0.2, 0) is 0 Å². The maximum atomic E-state index is 9.30. The molecule has 0 aromatic heterocycles. The molecule has 1 N–H and O–H groups in total. The fraction of sp³-hybridized carbons (Fsp3) is 0.200. The van der Waals surface area contributed by atoms with E-state index in [1.165, 1.54) is 0 Å². The molecule has 0 bridgehead atoms. The van der Waals surface area contributed by atoms with Crippen LogP contribution < -0.4 is 4.74 Å². The summed E-state index contributed by atoms with van der Waals surface area (Å²) in [7, 11) is 0. The van der Waals surface area contributed by atoms with Crippen LogP contribution in [0.25, 0.3) is 6.08 Å². The summed E-state index contributed by atoms with van der Waals surface area (Å²) in [5, 5.41) is 9.30. The summed E-state index contributed by atoms with van der Waals surface area (Å²) in [6, 6.07) is 5.14. The van der Waals surface area contributed by atoms with E-state index in [1.54, 1.807) is 24.3 Å². The van der Waals surface area contributed by atoms with E-state index in [2.05, 4.69) is 6.58 Å². The molecule has 2 nitrogen and oxygen atoms in total. The smallest absolute Gasteiger partial charge is 0.161 e. The van der Waals surface area contributed by atoms with Gasteiger partial charge in [0.15, 0.2) is 11.5 Å². The fourth-order valence-electron chi connectivity index (χ4n) is 0.929. The zero-order valence-electron chi connectivity index (χ0n) is 7.08. The Hall–Kier alpha value is -1.44. The van der Waals surface area contributed by atoms with Gasteiger partial charge in [0, 0.05) is 0 Å². The van der Waals surface area contributed by atoms with Crippen molar-refractivity contribution in [1.82, 2.24) is 0 Å². The molecular weight excluding hydrogens is 152 g/mol. The summed E-state index contributed by atoms with van der Waals surface area (Å²) >= 11 is 0. The SMILES string of the molecule is C=Cc1ccc(O)c(OCC)c1. The summed E-state index contributed by atoms with van der Waals surface area (Å²) < 4.78 is 5.18. The molecule has 0 spiro atoms. The first-order valence-electron chi connectivity index (χ1n) is 3.86. The minimum atomic E-state index is 0.169. The third-order valence-corrected chi connectivity index (χ3v) is 1.52. The molecular formula is C10H12O2. The van der Waals surface area contributed by atoms with Gasteiger partial charge in [0.25, 0.3) is 0 Å². The highest BCUT2D eigenvalue weighted by Gasteiger charge is 2.00. The second kappa shape index (κ2) is 3.81. The molecule has 0 aliphatic carbocycles. The summed E-state index contributed by atoms with van der Waals surface area (Å²) in [6.45, 7) is 6.05. The minimum Gasteiger partial charge on any atom is -0.504 e. The second-order valence-electron chi connectivity index (χ2n) is 2.36. The van der Waals surface area contributed by atoms with Crippen molar-refractivity contribution in [2.24, 2.45) is 0 Å². The number of benzene rings is 1. The molecule has 0 aliphatic heterocycles. The van der Waals surface area contributed by atoms with Gasteiger partial charge in [0.05, 0.1) is 6.61 Å². The zero-order chi connectivity index (χ0) is 8.97. The van der Waals surface area contributed by atoms with Crippen LogP contribution in [0.3, 0.4) is 0 Å². The average Bonchev–Trinajstić information content (AvgIpc) is 2.09. The first-order valence-corrected chi connectivity index (χ1v) is 3.86. The molecule has 1 rings (SSSR count).